The molecule has 3 rings (SSSR count). The fourth-order valence-electron chi connectivity index (χ4n) is 1.92. The molecule has 18 heavy (non-hydrogen) atoms. The molecule has 1 fully saturated rings. The van der Waals surface area contributed by atoms with Gasteiger partial charge in [0.15, 0.2) is 0 Å². The van der Waals surface area contributed by atoms with Crippen LogP contribution in [0.3, 0.4) is 0 Å². The first-order valence-corrected chi connectivity index (χ1v) is 6.27. The number of anilines is 1. The van der Waals surface area contributed by atoms with Gasteiger partial charge in [-0.2, -0.15) is 5.10 Å². The third kappa shape index (κ3) is 2.68. The van der Waals surface area contributed by atoms with E-state index < -0.39 is 0 Å². The van der Waals surface area contributed by atoms with E-state index in [1.165, 1.54) is 12.8 Å². The average molecular weight is 244 g/mol. The zero-order chi connectivity index (χ0) is 12.4. The molecule has 1 aromatic carbocycles. The molecule has 1 saturated carbocycles. The van der Waals surface area contributed by atoms with Crippen LogP contribution >= 0.6 is 0 Å². The van der Waals surface area contributed by atoms with Gasteiger partial charge >= 0.3 is 0 Å². The Morgan fingerprint density at radius 3 is 3.17 bits per heavy atom. The largest absolute Gasteiger partial charge is 0.326 e. The number of benzene rings is 1. The summed E-state index contributed by atoms with van der Waals surface area (Å²) in [5.74, 6) is 0.0472. The fraction of sp³-hybridized carbons (Fsp3) is 0.385. The van der Waals surface area contributed by atoms with Crippen LogP contribution in [0, 0.1) is 0 Å². The summed E-state index contributed by atoms with van der Waals surface area (Å²) in [5.41, 5.74) is 1.80. The molecule has 0 radical (unpaired) electrons. The Kier molecular flexibility index (Phi) is 2.98. The molecule has 1 aromatic heterocycles. The molecule has 0 bridgehead atoms. The lowest BCUT2D eigenvalue weighted by atomic mass is 10.2. The molecule has 94 valence electrons. The second-order valence-electron chi connectivity index (χ2n) is 4.70. The van der Waals surface area contributed by atoms with Crippen LogP contribution in [0.1, 0.15) is 19.3 Å². The molecule has 0 spiro atoms. The standard InChI is InChI=1S/C13H16N4O/c18-13(5-6-14-10-1-2-10)16-11-3-4-12-9(7-11)8-15-17-12/h3-4,7-8,10,14H,1-2,5-6H2,(H,15,17)(H,16,18). The van der Waals surface area contributed by atoms with Crippen LogP contribution in [0.15, 0.2) is 24.4 Å². The van der Waals surface area contributed by atoms with Gasteiger partial charge in [0.05, 0.1) is 11.7 Å². The van der Waals surface area contributed by atoms with Crippen molar-refractivity contribution in [2.75, 3.05) is 11.9 Å². The summed E-state index contributed by atoms with van der Waals surface area (Å²) in [6.07, 6.45) is 4.76. The monoisotopic (exact) mass is 244 g/mol. The summed E-state index contributed by atoms with van der Waals surface area (Å²) in [6.45, 7) is 0.754. The maximum absolute atomic E-state index is 11.7. The smallest absolute Gasteiger partial charge is 0.225 e. The summed E-state index contributed by atoms with van der Waals surface area (Å²) >= 11 is 0. The highest BCUT2D eigenvalue weighted by Crippen LogP contribution is 2.18. The van der Waals surface area contributed by atoms with E-state index in [-0.39, 0.29) is 5.91 Å². The van der Waals surface area contributed by atoms with Crippen molar-refractivity contribution >= 4 is 22.5 Å². The summed E-state index contributed by atoms with van der Waals surface area (Å²) < 4.78 is 0. The van der Waals surface area contributed by atoms with Crippen molar-refractivity contribution in [3.05, 3.63) is 24.4 Å². The van der Waals surface area contributed by atoms with E-state index in [4.69, 9.17) is 0 Å². The number of hydrogen-bond donors (Lipinski definition) is 3. The van der Waals surface area contributed by atoms with Crippen molar-refractivity contribution in [2.24, 2.45) is 0 Å². The number of carbonyl (C=O) groups is 1. The van der Waals surface area contributed by atoms with Gasteiger partial charge in [-0.15, -0.1) is 0 Å². The molecule has 0 atom stereocenters. The number of amides is 1. The molecule has 1 heterocycles. The first-order valence-electron chi connectivity index (χ1n) is 6.27. The Labute approximate surface area is 105 Å². The highest BCUT2D eigenvalue weighted by molar-refractivity contribution is 5.93. The third-order valence-corrected chi connectivity index (χ3v) is 3.09. The average Bonchev–Trinajstić information content (AvgIpc) is 3.06. The zero-order valence-corrected chi connectivity index (χ0v) is 10.1. The van der Waals surface area contributed by atoms with Gasteiger partial charge in [0.1, 0.15) is 0 Å². The predicted octanol–water partition coefficient (Wildman–Crippen LogP) is 1.64. The lowest BCUT2D eigenvalue weighted by molar-refractivity contribution is -0.116. The molecule has 5 heteroatoms. The Balaban J connectivity index is 1.55. The van der Waals surface area contributed by atoms with Crippen LogP contribution in [-0.2, 0) is 4.79 Å². The van der Waals surface area contributed by atoms with Crippen molar-refractivity contribution in [1.82, 2.24) is 15.5 Å². The first-order chi connectivity index (χ1) is 8.81. The second-order valence-corrected chi connectivity index (χ2v) is 4.70. The highest BCUT2D eigenvalue weighted by atomic mass is 16.1. The minimum atomic E-state index is 0.0472. The number of aromatic amines is 1. The molecule has 5 nitrogen and oxygen atoms in total. The van der Waals surface area contributed by atoms with E-state index in [0.29, 0.717) is 12.5 Å². The lowest BCUT2D eigenvalue weighted by Gasteiger charge is -2.05. The van der Waals surface area contributed by atoms with E-state index in [9.17, 15) is 4.79 Å². The topological polar surface area (TPSA) is 69.8 Å². The van der Waals surface area contributed by atoms with Gasteiger partial charge in [-0.1, -0.05) is 0 Å². The number of nitrogens with zero attached hydrogens (tertiary/aromatic N) is 1. The van der Waals surface area contributed by atoms with Crippen molar-refractivity contribution in [1.29, 1.82) is 0 Å². The number of fused-ring (bicyclic) bond motifs is 1. The van der Waals surface area contributed by atoms with Crippen LogP contribution in [0.25, 0.3) is 10.9 Å². The van der Waals surface area contributed by atoms with Crippen molar-refractivity contribution < 1.29 is 4.79 Å². The molecule has 1 aliphatic rings. The maximum Gasteiger partial charge on any atom is 0.225 e. The number of nitrogens with one attached hydrogen (secondary N) is 3. The van der Waals surface area contributed by atoms with E-state index in [1.54, 1.807) is 6.20 Å². The number of H-pyrrole nitrogens is 1. The molecule has 3 N–H and O–H groups in total. The molecular formula is C13H16N4O. The summed E-state index contributed by atoms with van der Waals surface area (Å²) in [4.78, 5) is 11.7. The van der Waals surface area contributed by atoms with Gasteiger partial charge in [-0.05, 0) is 31.0 Å². The third-order valence-electron chi connectivity index (χ3n) is 3.09. The number of carbonyl (C=O) groups excluding carboxylic acids is 1. The van der Waals surface area contributed by atoms with Crippen LogP contribution < -0.4 is 10.6 Å². The van der Waals surface area contributed by atoms with Crippen molar-refractivity contribution in [3.63, 3.8) is 0 Å². The molecule has 1 aliphatic carbocycles. The van der Waals surface area contributed by atoms with E-state index in [0.717, 1.165) is 23.1 Å². The molecule has 0 aliphatic heterocycles. The minimum absolute atomic E-state index is 0.0472. The Hall–Kier alpha value is -1.88. The molecule has 2 aromatic rings. The number of rotatable bonds is 5. The Morgan fingerprint density at radius 1 is 1.44 bits per heavy atom. The quantitative estimate of drug-likeness (QED) is 0.749. The van der Waals surface area contributed by atoms with E-state index in [1.807, 2.05) is 18.2 Å². The zero-order valence-electron chi connectivity index (χ0n) is 10.1. The van der Waals surface area contributed by atoms with Gasteiger partial charge in [0, 0.05) is 30.1 Å². The molecule has 1 amide bonds. The summed E-state index contributed by atoms with van der Waals surface area (Å²) in [5, 5.41) is 14.1. The van der Waals surface area contributed by atoms with Crippen molar-refractivity contribution in [2.45, 2.75) is 25.3 Å². The number of aromatic nitrogens is 2. The Bertz CT molecular complexity index is 559. The van der Waals surface area contributed by atoms with Crippen LogP contribution in [0.2, 0.25) is 0 Å². The predicted molar refractivity (Wildman–Crippen MR) is 70.4 cm³/mol. The van der Waals surface area contributed by atoms with E-state index in [2.05, 4.69) is 20.8 Å². The first kappa shape index (κ1) is 11.2. The minimum Gasteiger partial charge on any atom is -0.326 e. The summed E-state index contributed by atoms with van der Waals surface area (Å²) in [7, 11) is 0. The van der Waals surface area contributed by atoms with Crippen LogP contribution in [0.5, 0.6) is 0 Å². The molecule has 0 saturated heterocycles. The van der Waals surface area contributed by atoms with Gasteiger partial charge in [-0.25, -0.2) is 0 Å². The fourth-order valence-corrected chi connectivity index (χ4v) is 1.92. The van der Waals surface area contributed by atoms with Crippen LogP contribution in [0.4, 0.5) is 5.69 Å². The molecular weight excluding hydrogens is 228 g/mol. The number of hydrogen-bond acceptors (Lipinski definition) is 3. The van der Waals surface area contributed by atoms with Gasteiger partial charge in [0.25, 0.3) is 0 Å². The maximum atomic E-state index is 11.7. The second kappa shape index (κ2) is 4.78. The Morgan fingerprint density at radius 2 is 2.33 bits per heavy atom. The SMILES string of the molecule is O=C(CCNC1CC1)Nc1ccc2[nH]ncc2c1. The van der Waals surface area contributed by atoms with Gasteiger partial charge < -0.3 is 10.6 Å². The lowest BCUT2D eigenvalue weighted by Crippen LogP contribution is -2.23. The van der Waals surface area contributed by atoms with Crippen molar-refractivity contribution in [3.8, 4) is 0 Å². The van der Waals surface area contributed by atoms with Crippen LogP contribution in [-0.4, -0.2) is 28.7 Å². The normalized spacial score (nSPS) is 14.9. The van der Waals surface area contributed by atoms with E-state index >= 15 is 0 Å². The summed E-state index contributed by atoms with van der Waals surface area (Å²) in [6, 6.07) is 6.37. The van der Waals surface area contributed by atoms with Gasteiger partial charge in [0.2, 0.25) is 5.91 Å². The molecule has 0 unspecified atom stereocenters. The van der Waals surface area contributed by atoms with Gasteiger partial charge in [-0.3, -0.25) is 9.89 Å². The highest BCUT2D eigenvalue weighted by Gasteiger charge is 2.20.